The van der Waals surface area contributed by atoms with Crippen LogP contribution in [-0.4, -0.2) is 11.0 Å². The molecule has 2 fully saturated rings. The molecule has 0 aromatic heterocycles. The summed E-state index contributed by atoms with van der Waals surface area (Å²) in [6, 6.07) is 0. The van der Waals surface area contributed by atoms with E-state index in [4.69, 9.17) is 0 Å². The minimum Gasteiger partial charge on any atom is -0.158 e. The Morgan fingerprint density at radius 2 is 2.50 bits per heavy atom. The van der Waals surface area contributed by atoms with E-state index in [1.54, 1.807) is 6.42 Å². The first-order valence-corrected chi connectivity index (χ1v) is 3.63. The maximum atomic E-state index is 2.17. The fraction of sp³-hybridized carbons (Fsp3) is 1.00. The maximum Gasteiger partial charge on any atom is 0.00790 e. The first kappa shape index (κ1) is 3.36. The normalized spacial score (nSPS) is 52.0. The number of thioether (sulfide) groups is 1. The van der Waals surface area contributed by atoms with E-state index >= 15 is 0 Å². The van der Waals surface area contributed by atoms with Crippen molar-refractivity contribution in [2.24, 2.45) is 5.92 Å². The molecule has 0 aromatic carbocycles. The topological polar surface area (TPSA) is 0 Å². The molecule has 0 amide bonds. The fourth-order valence-corrected chi connectivity index (χ4v) is 2.63. The van der Waals surface area contributed by atoms with Gasteiger partial charge in [-0.3, -0.25) is 0 Å². The molecule has 1 aliphatic heterocycles. The third kappa shape index (κ3) is 0.320. The highest BCUT2D eigenvalue weighted by atomic mass is 32.2. The molecule has 0 bridgehead atoms. The lowest BCUT2D eigenvalue weighted by molar-refractivity contribution is 0.835. The summed E-state index contributed by atoms with van der Waals surface area (Å²) >= 11 is 2.17. The van der Waals surface area contributed by atoms with E-state index in [-0.39, 0.29) is 0 Å². The Labute approximate surface area is 42.3 Å². The Morgan fingerprint density at radius 3 is 2.67 bits per heavy atom. The molecule has 2 aliphatic rings. The van der Waals surface area contributed by atoms with Gasteiger partial charge in [-0.2, -0.15) is 11.8 Å². The Bertz CT molecular complexity index is 62.3. The molecule has 0 nitrogen and oxygen atoms in total. The van der Waals surface area contributed by atoms with E-state index in [1.807, 2.05) is 0 Å². The van der Waals surface area contributed by atoms with Gasteiger partial charge in [0.2, 0.25) is 0 Å². The summed E-state index contributed by atoms with van der Waals surface area (Å²) in [5, 5.41) is 1.13. The van der Waals surface area contributed by atoms with Crippen LogP contribution >= 0.6 is 11.8 Å². The van der Waals surface area contributed by atoms with Crippen LogP contribution in [0.25, 0.3) is 0 Å². The van der Waals surface area contributed by atoms with Crippen molar-refractivity contribution < 1.29 is 0 Å². The van der Waals surface area contributed by atoms with Gasteiger partial charge in [0.15, 0.2) is 0 Å². The van der Waals surface area contributed by atoms with E-state index < -0.39 is 0 Å². The van der Waals surface area contributed by atoms with Crippen molar-refractivity contribution >= 4 is 11.8 Å². The first-order valence-electron chi connectivity index (χ1n) is 2.58. The van der Waals surface area contributed by atoms with Crippen LogP contribution in [-0.2, 0) is 0 Å². The largest absolute Gasteiger partial charge is 0.158 e. The monoisotopic (exact) mass is 100 g/mol. The number of fused-ring (bicyclic) bond motifs is 1. The van der Waals surface area contributed by atoms with Gasteiger partial charge in [-0.15, -0.1) is 0 Å². The molecular formula is C5H8S. The minimum atomic E-state index is 1.13. The summed E-state index contributed by atoms with van der Waals surface area (Å²) < 4.78 is 0. The average molecular weight is 100 g/mol. The Morgan fingerprint density at radius 1 is 1.50 bits per heavy atom. The zero-order chi connectivity index (χ0) is 3.98. The second-order valence-corrected chi connectivity index (χ2v) is 3.54. The molecule has 2 unspecified atom stereocenters. The molecule has 34 valence electrons. The number of hydrogen-bond acceptors (Lipinski definition) is 1. The van der Waals surface area contributed by atoms with Gasteiger partial charge < -0.3 is 0 Å². The summed E-state index contributed by atoms with van der Waals surface area (Å²) in [7, 11) is 0. The zero-order valence-corrected chi connectivity index (χ0v) is 4.50. The lowest BCUT2D eigenvalue weighted by atomic mass is 10.3. The SMILES string of the molecule is C1CC2CC2S1. The molecule has 1 aliphatic carbocycles. The van der Waals surface area contributed by atoms with E-state index in [1.165, 1.54) is 18.1 Å². The second kappa shape index (κ2) is 0.945. The van der Waals surface area contributed by atoms with Crippen LogP contribution in [0.5, 0.6) is 0 Å². The highest BCUT2D eigenvalue weighted by Gasteiger charge is 2.41. The number of hydrogen-bond donors (Lipinski definition) is 0. The molecular weight excluding hydrogens is 92.1 g/mol. The summed E-state index contributed by atoms with van der Waals surface area (Å²) in [6.07, 6.45) is 3.07. The van der Waals surface area contributed by atoms with Crippen LogP contribution in [0.3, 0.4) is 0 Å². The van der Waals surface area contributed by atoms with Crippen molar-refractivity contribution in [2.45, 2.75) is 18.1 Å². The summed E-state index contributed by atoms with van der Waals surface area (Å²) in [5.74, 6) is 2.63. The molecule has 1 saturated heterocycles. The van der Waals surface area contributed by atoms with Gasteiger partial charge in [0, 0.05) is 5.25 Å². The smallest absolute Gasteiger partial charge is 0.00790 e. The van der Waals surface area contributed by atoms with Gasteiger partial charge in [0.1, 0.15) is 0 Å². The zero-order valence-electron chi connectivity index (χ0n) is 3.68. The van der Waals surface area contributed by atoms with E-state index in [9.17, 15) is 0 Å². The van der Waals surface area contributed by atoms with Crippen molar-refractivity contribution in [3.8, 4) is 0 Å². The van der Waals surface area contributed by atoms with Crippen LogP contribution in [0, 0.1) is 5.92 Å². The Kier molecular flexibility index (Phi) is 0.530. The molecule has 1 heteroatoms. The summed E-state index contributed by atoms with van der Waals surface area (Å²) in [6.45, 7) is 0. The van der Waals surface area contributed by atoms with Crippen LogP contribution in [0.15, 0.2) is 0 Å². The predicted octanol–water partition coefficient (Wildman–Crippen LogP) is 1.51. The van der Waals surface area contributed by atoms with Crippen LogP contribution in [0.1, 0.15) is 12.8 Å². The number of rotatable bonds is 0. The van der Waals surface area contributed by atoms with Gasteiger partial charge >= 0.3 is 0 Å². The molecule has 1 heterocycles. The molecule has 0 radical (unpaired) electrons. The van der Waals surface area contributed by atoms with Gasteiger partial charge in [0.25, 0.3) is 0 Å². The highest BCUT2D eigenvalue weighted by molar-refractivity contribution is 8.00. The molecule has 0 aromatic rings. The van der Waals surface area contributed by atoms with Crippen molar-refractivity contribution in [1.29, 1.82) is 0 Å². The van der Waals surface area contributed by atoms with E-state index in [2.05, 4.69) is 11.8 Å². The predicted molar refractivity (Wildman–Crippen MR) is 29.0 cm³/mol. The van der Waals surface area contributed by atoms with Gasteiger partial charge in [-0.1, -0.05) is 0 Å². The Balaban J connectivity index is 2.09. The van der Waals surface area contributed by atoms with Crippen molar-refractivity contribution in [3.05, 3.63) is 0 Å². The molecule has 2 rings (SSSR count). The standard InChI is InChI=1S/C5H8S/c1-2-6-5-3-4(1)5/h4-5H,1-3H2. The fourth-order valence-electron chi connectivity index (χ4n) is 1.10. The molecule has 2 atom stereocenters. The third-order valence-corrected chi connectivity index (χ3v) is 3.16. The quantitative estimate of drug-likeness (QED) is 0.444. The lowest BCUT2D eigenvalue weighted by Gasteiger charge is -1.81. The van der Waals surface area contributed by atoms with Gasteiger partial charge in [-0.25, -0.2) is 0 Å². The van der Waals surface area contributed by atoms with Crippen LogP contribution < -0.4 is 0 Å². The van der Waals surface area contributed by atoms with Crippen molar-refractivity contribution in [1.82, 2.24) is 0 Å². The Hall–Kier alpha value is 0.350. The van der Waals surface area contributed by atoms with Crippen LogP contribution in [0.2, 0.25) is 0 Å². The minimum absolute atomic E-state index is 1.13. The molecule has 1 saturated carbocycles. The third-order valence-electron chi connectivity index (χ3n) is 1.68. The lowest BCUT2D eigenvalue weighted by Crippen LogP contribution is -1.68. The van der Waals surface area contributed by atoms with Crippen molar-refractivity contribution in [2.75, 3.05) is 5.75 Å². The van der Waals surface area contributed by atoms with E-state index in [0.717, 1.165) is 5.25 Å². The van der Waals surface area contributed by atoms with Crippen LogP contribution in [0.4, 0.5) is 0 Å². The van der Waals surface area contributed by atoms with E-state index in [0.29, 0.717) is 0 Å². The first-order chi connectivity index (χ1) is 2.97. The summed E-state index contributed by atoms with van der Waals surface area (Å²) in [5.41, 5.74) is 0. The molecule has 0 spiro atoms. The maximum absolute atomic E-state index is 2.17. The van der Waals surface area contributed by atoms with Gasteiger partial charge in [-0.05, 0) is 24.5 Å². The second-order valence-electron chi connectivity index (χ2n) is 2.19. The highest BCUT2D eigenvalue weighted by Crippen LogP contribution is 2.50. The average Bonchev–Trinajstić information content (AvgIpc) is 2.17. The van der Waals surface area contributed by atoms with Gasteiger partial charge in [0.05, 0.1) is 0 Å². The molecule has 0 N–H and O–H groups in total. The summed E-state index contributed by atoms with van der Waals surface area (Å²) in [4.78, 5) is 0. The molecule has 6 heavy (non-hydrogen) atoms. The van der Waals surface area contributed by atoms with Crippen molar-refractivity contribution in [3.63, 3.8) is 0 Å².